The van der Waals surface area contributed by atoms with Gasteiger partial charge in [0.1, 0.15) is 0 Å². The van der Waals surface area contributed by atoms with Gasteiger partial charge in [0.05, 0.1) is 10.7 Å². The van der Waals surface area contributed by atoms with Crippen molar-refractivity contribution in [2.75, 3.05) is 7.05 Å². The van der Waals surface area contributed by atoms with Crippen molar-refractivity contribution >= 4 is 11.3 Å². The van der Waals surface area contributed by atoms with E-state index in [2.05, 4.69) is 38.5 Å². The van der Waals surface area contributed by atoms with Crippen molar-refractivity contribution < 1.29 is 0 Å². The van der Waals surface area contributed by atoms with Crippen molar-refractivity contribution in [2.45, 2.75) is 64.3 Å². The highest BCUT2D eigenvalue weighted by Crippen LogP contribution is 2.30. The number of hydrogen-bond acceptors (Lipinski definition) is 3. The highest BCUT2D eigenvalue weighted by Gasteiger charge is 2.25. The molecular formula is C15H26N2S. The number of aromatic nitrogens is 1. The average molecular weight is 266 g/mol. The molecule has 102 valence electrons. The lowest BCUT2D eigenvalue weighted by Crippen LogP contribution is -2.34. The Hall–Kier alpha value is -0.410. The fourth-order valence-corrected chi connectivity index (χ4v) is 3.88. The first-order valence-electron chi connectivity index (χ1n) is 7.13. The molecule has 1 aliphatic carbocycles. The SMILES string of the molecule is CNC(Cc1nc(C(C)(C)C)cs1)C1CCCC1. The maximum Gasteiger partial charge on any atom is 0.0944 e. The minimum atomic E-state index is 0.178. The molecule has 18 heavy (non-hydrogen) atoms. The number of likely N-dealkylation sites (N-methyl/N-ethyl adjacent to an activating group) is 1. The monoisotopic (exact) mass is 266 g/mol. The normalized spacial score (nSPS) is 19.3. The van der Waals surface area contributed by atoms with Crippen LogP contribution in [0.15, 0.2) is 5.38 Å². The van der Waals surface area contributed by atoms with Crippen LogP contribution in [0.3, 0.4) is 0 Å². The van der Waals surface area contributed by atoms with E-state index in [0.717, 1.165) is 12.3 Å². The summed E-state index contributed by atoms with van der Waals surface area (Å²) in [6.45, 7) is 6.70. The van der Waals surface area contributed by atoms with E-state index in [-0.39, 0.29) is 5.41 Å². The van der Waals surface area contributed by atoms with Crippen LogP contribution < -0.4 is 5.32 Å². The van der Waals surface area contributed by atoms with Gasteiger partial charge in [-0.05, 0) is 25.8 Å². The summed E-state index contributed by atoms with van der Waals surface area (Å²) in [4.78, 5) is 4.82. The van der Waals surface area contributed by atoms with Crippen LogP contribution in [-0.2, 0) is 11.8 Å². The molecule has 3 heteroatoms. The molecule has 1 fully saturated rings. The summed E-state index contributed by atoms with van der Waals surface area (Å²) in [7, 11) is 2.10. The number of nitrogens with one attached hydrogen (secondary N) is 1. The molecule has 1 aliphatic rings. The van der Waals surface area contributed by atoms with Gasteiger partial charge in [-0.2, -0.15) is 0 Å². The zero-order valence-corrected chi connectivity index (χ0v) is 12.9. The molecule has 0 saturated heterocycles. The Bertz CT molecular complexity index is 372. The second-order valence-electron chi connectivity index (χ2n) is 6.52. The number of hydrogen-bond donors (Lipinski definition) is 1. The van der Waals surface area contributed by atoms with E-state index in [1.807, 2.05) is 11.3 Å². The molecule has 1 saturated carbocycles. The zero-order valence-electron chi connectivity index (χ0n) is 12.1. The Balaban J connectivity index is 2.01. The fraction of sp³-hybridized carbons (Fsp3) is 0.800. The van der Waals surface area contributed by atoms with Gasteiger partial charge < -0.3 is 5.32 Å². The van der Waals surface area contributed by atoms with Crippen molar-refractivity contribution in [1.29, 1.82) is 0 Å². The summed E-state index contributed by atoms with van der Waals surface area (Å²) in [6.07, 6.45) is 6.70. The highest BCUT2D eigenvalue weighted by atomic mass is 32.1. The van der Waals surface area contributed by atoms with Crippen molar-refractivity contribution in [1.82, 2.24) is 10.3 Å². The van der Waals surface area contributed by atoms with Gasteiger partial charge in [0.15, 0.2) is 0 Å². The predicted octanol–water partition coefficient (Wildman–Crippen LogP) is 3.76. The molecule has 0 spiro atoms. The van der Waals surface area contributed by atoms with Crippen molar-refractivity contribution in [2.24, 2.45) is 5.92 Å². The standard InChI is InChI=1S/C15H26N2S/c1-15(2,3)13-10-18-14(17-13)9-12(16-4)11-7-5-6-8-11/h10-12,16H,5-9H2,1-4H3. The quantitative estimate of drug-likeness (QED) is 0.897. The third-order valence-electron chi connectivity index (χ3n) is 4.05. The maximum absolute atomic E-state index is 4.82. The smallest absolute Gasteiger partial charge is 0.0944 e. The van der Waals surface area contributed by atoms with Crippen molar-refractivity contribution in [3.05, 3.63) is 16.1 Å². The van der Waals surface area contributed by atoms with Crippen LogP contribution in [0.1, 0.15) is 57.2 Å². The summed E-state index contributed by atoms with van der Waals surface area (Å²) >= 11 is 1.83. The second kappa shape index (κ2) is 5.70. The fourth-order valence-electron chi connectivity index (χ4n) is 2.80. The summed E-state index contributed by atoms with van der Waals surface area (Å²) in [6, 6.07) is 0.617. The summed E-state index contributed by atoms with van der Waals surface area (Å²) < 4.78 is 0. The van der Waals surface area contributed by atoms with Gasteiger partial charge in [0, 0.05) is 23.3 Å². The molecule has 0 bridgehead atoms. The first-order valence-corrected chi connectivity index (χ1v) is 8.01. The van der Waals surface area contributed by atoms with Crippen molar-refractivity contribution in [3.8, 4) is 0 Å². The first-order chi connectivity index (χ1) is 8.50. The maximum atomic E-state index is 4.82. The topological polar surface area (TPSA) is 24.9 Å². The third kappa shape index (κ3) is 3.33. The van der Waals surface area contributed by atoms with Gasteiger partial charge in [0.2, 0.25) is 0 Å². The molecule has 0 aromatic carbocycles. The Labute approximate surface area is 115 Å². The van der Waals surface area contributed by atoms with E-state index in [1.54, 1.807) is 0 Å². The first kappa shape index (κ1) is 14.0. The van der Waals surface area contributed by atoms with Crippen LogP contribution in [0.5, 0.6) is 0 Å². The third-order valence-corrected chi connectivity index (χ3v) is 4.93. The van der Waals surface area contributed by atoms with Gasteiger partial charge in [0.25, 0.3) is 0 Å². The van der Waals surface area contributed by atoms with Gasteiger partial charge >= 0.3 is 0 Å². The Kier molecular flexibility index (Phi) is 4.44. The predicted molar refractivity (Wildman–Crippen MR) is 79.3 cm³/mol. The lowest BCUT2D eigenvalue weighted by Gasteiger charge is -2.22. The lowest BCUT2D eigenvalue weighted by molar-refractivity contribution is 0.376. The van der Waals surface area contributed by atoms with Gasteiger partial charge in [-0.15, -0.1) is 11.3 Å². The van der Waals surface area contributed by atoms with E-state index in [9.17, 15) is 0 Å². The van der Waals surface area contributed by atoms with Gasteiger partial charge in [-0.3, -0.25) is 0 Å². The Morgan fingerprint density at radius 3 is 2.56 bits per heavy atom. The van der Waals surface area contributed by atoms with E-state index < -0.39 is 0 Å². The molecule has 0 radical (unpaired) electrons. The minimum absolute atomic E-state index is 0.178. The van der Waals surface area contributed by atoms with E-state index in [1.165, 1.54) is 36.4 Å². The van der Waals surface area contributed by atoms with Crippen LogP contribution >= 0.6 is 11.3 Å². The summed E-state index contributed by atoms with van der Waals surface area (Å²) in [5, 5.41) is 7.04. The number of thiazole rings is 1. The number of nitrogens with zero attached hydrogens (tertiary/aromatic N) is 1. The molecule has 1 N–H and O–H groups in total. The van der Waals surface area contributed by atoms with Crippen LogP contribution in [0, 0.1) is 5.92 Å². The minimum Gasteiger partial charge on any atom is -0.316 e. The van der Waals surface area contributed by atoms with Gasteiger partial charge in [-0.25, -0.2) is 4.98 Å². The molecule has 1 unspecified atom stereocenters. The lowest BCUT2D eigenvalue weighted by atomic mass is 9.93. The Morgan fingerprint density at radius 2 is 2.06 bits per heavy atom. The van der Waals surface area contributed by atoms with Crippen LogP contribution in [0.2, 0.25) is 0 Å². The molecule has 0 amide bonds. The molecule has 1 heterocycles. The largest absolute Gasteiger partial charge is 0.316 e. The molecule has 2 rings (SSSR count). The summed E-state index contributed by atoms with van der Waals surface area (Å²) in [5.41, 5.74) is 1.42. The van der Waals surface area contributed by atoms with Gasteiger partial charge in [-0.1, -0.05) is 33.6 Å². The highest BCUT2D eigenvalue weighted by molar-refractivity contribution is 7.09. The van der Waals surface area contributed by atoms with E-state index in [4.69, 9.17) is 4.98 Å². The number of rotatable bonds is 4. The summed E-state index contributed by atoms with van der Waals surface area (Å²) in [5.74, 6) is 0.858. The molecule has 1 aromatic heterocycles. The molecule has 0 aliphatic heterocycles. The molecule has 2 nitrogen and oxygen atoms in total. The molecular weight excluding hydrogens is 240 g/mol. The zero-order chi connectivity index (χ0) is 13.2. The average Bonchev–Trinajstić information content (AvgIpc) is 2.95. The Morgan fingerprint density at radius 1 is 1.39 bits per heavy atom. The van der Waals surface area contributed by atoms with E-state index in [0.29, 0.717) is 6.04 Å². The van der Waals surface area contributed by atoms with Crippen LogP contribution in [-0.4, -0.2) is 18.1 Å². The van der Waals surface area contributed by atoms with Crippen LogP contribution in [0.25, 0.3) is 0 Å². The molecule has 1 atom stereocenters. The van der Waals surface area contributed by atoms with E-state index >= 15 is 0 Å². The van der Waals surface area contributed by atoms with Crippen LogP contribution in [0.4, 0.5) is 0 Å². The molecule has 1 aromatic rings. The second-order valence-corrected chi connectivity index (χ2v) is 7.46. The van der Waals surface area contributed by atoms with Crippen molar-refractivity contribution in [3.63, 3.8) is 0 Å².